The zero-order chi connectivity index (χ0) is 19.3. The van der Waals surface area contributed by atoms with Crippen molar-refractivity contribution in [2.45, 2.75) is 28.6 Å². The molecule has 1 saturated heterocycles. The second-order valence-electron chi connectivity index (χ2n) is 6.88. The molecule has 3 nitrogen and oxygen atoms in total. The number of carbonyl (C=O) groups is 1. The number of hydrogen-bond donors (Lipinski definition) is 1. The molecule has 28 heavy (non-hydrogen) atoms. The highest BCUT2D eigenvalue weighted by molar-refractivity contribution is 7.99. The molecule has 0 spiro atoms. The number of hydrogen-bond acceptors (Lipinski definition) is 3. The lowest BCUT2D eigenvalue weighted by Crippen LogP contribution is -2.35. The topological polar surface area (TPSA) is 38.3 Å². The van der Waals surface area contributed by atoms with Gasteiger partial charge in [0.15, 0.2) is 0 Å². The first-order valence-electron chi connectivity index (χ1n) is 9.53. The summed E-state index contributed by atoms with van der Waals surface area (Å²) in [5.41, 5.74) is 3.47. The molecule has 3 aromatic carbocycles. The molecule has 1 atom stereocenters. The lowest BCUT2D eigenvalue weighted by atomic mass is 9.91. The number of ether oxygens (including phenoxy) is 1. The molecule has 1 fully saturated rings. The summed E-state index contributed by atoms with van der Waals surface area (Å²) in [5, 5.41) is 3.00. The molecule has 1 amide bonds. The van der Waals surface area contributed by atoms with Gasteiger partial charge in [-0.25, -0.2) is 0 Å². The first-order valence-corrected chi connectivity index (χ1v) is 10.4. The predicted octanol–water partition coefficient (Wildman–Crippen LogP) is 5.51. The number of methoxy groups -OCH3 is 1. The van der Waals surface area contributed by atoms with E-state index in [1.807, 2.05) is 24.3 Å². The number of nitrogens with one attached hydrogen (secondary N) is 1. The smallest absolute Gasteiger partial charge is 0.227 e. The van der Waals surface area contributed by atoms with Crippen LogP contribution < -0.4 is 10.1 Å². The van der Waals surface area contributed by atoms with E-state index in [-0.39, 0.29) is 11.8 Å². The van der Waals surface area contributed by atoms with Crippen LogP contribution in [0.25, 0.3) is 11.1 Å². The second-order valence-corrected chi connectivity index (χ2v) is 7.99. The third kappa shape index (κ3) is 4.07. The highest BCUT2D eigenvalue weighted by atomic mass is 32.2. The zero-order valence-corrected chi connectivity index (χ0v) is 16.7. The van der Waals surface area contributed by atoms with Crippen LogP contribution in [0.4, 0.5) is 0 Å². The summed E-state index contributed by atoms with van der Waals surface area (Å²) in [6.07, 6.45) is 1.95. The second kappa shape index (κ2) is 8.53. The first-order chi connectivity index (χ1) is 13.7. The van der Waals surface area contributed by atoms with Crippen LogP contribution in [0.3, 0.4) is 0 Å². The maximum atomic E-state index is 12.3. The number of carbonyl (C=O) groups excluding carboxylic acids is 1. The van der Waals surface area contributed by atoms with Gasteiger partial charge in [0, 0.05) is 16.3 Å². The molecule has 1 heterocycles. The Morgan fingerprint density at radius 2 is 1.61 bits per heavy atom. The van der Waals surface area contributed by atoms with Gasteiger partial charge in [0.05, 0.1) is 13.0 Å². The van der Waals surface area contributed by atoms with Gasteiger partial charge in [-0.3, -0.25) is 4.79 Å². The maximum absolute atomic E-state index is 12.3. The van der Waals surface area contributed by atoms with Crippen molar-refractivity contribution < 1.29 is 9.53 Å². The van der Waals surface area contributed by atoms with Crippen LogP contribution in [-0.2, 0) is 4.79 Å². The van der Waals surface area contributed by atoms with E-state index in [1.54, 1.807) is 18.9 Å². The number of piperidine rings is 1. The van der Waals surface area contributed by atoms with E-state index in [0.29, 0.717) is 0 Å². The lowest BCUT2D eigenvalue weighted by Gasteiger charge is -2.24. The number of amides is 1. The fraction of sp³-hybridized carbons (Fsp3) is 0.208. The Labute approximate surface area is 170 Å². The monoisotopic (exact) mass is 389 g/mol. The van der Waals surface area contributed by atoms with Gasteiger partial charge in [0.25, 0.3) is 0 Å². The van der Waals surface area contributed by atoms with Crippen LogP contribution in [0.15, 0.2) is 82.6 Å². The van der Waals surface area contributed by atoms with E-state index < -0.39 is 0 Å². The van der Waals surface area contributed by atoms with Crippen LogP contribution in [-0.4, -0.2) is 19.6 Å². The van der Waals surface area contributed by atoms with E-state index in [0.717, 1.165) is 41.2 Å². The molecule has 4 heteroatoms. The third-order valence-corrected chi connectivity index (χ3v) is 6.18. The van der Waals surface area contributed by atoms with Gasteiger partial charge in [-0.2, -0.15) is 0 Å². The van der Waals surface area contributed by atoms with Crippen molar-refractivity contribution >= 4 is 17.7 Å². The quantitative estimate of drug-likeness (QED) is 0.625. The van der Waals surface area contributed by atoms with E-state index in [2.05, 4.69) is 53.8 Å². The Hall–Kier alpha value is -2.72. The van der Waals surface area contributed by atoms with Crippen molar-refractivity contribution in [3.8, 4) is 16.9 Å². The van der Waals surface area contributed by atoms with Crippen molar-refractivity contribution in [2.24, 2.45) is 0 Å². The molecule has 1 unspecified atom stereocenters. The molecule has 0 aromatic heterocycles. The molecule has 1 aliphatic rings. The van der Waals surface area contributed by atoms with Gasteiger partial charge >= 0.3 is 0 Å². The summed E-state index contributed by atoms with van der Waals surface area (Å²) in [4.78, 5) is 14.6. The van der Waals surface area contributed by atoms with Gasteiger partial charge in [0.1, 0.15) is 5.75 Å². The highest BCUT2D eigenvalue weighted by Crippen LogP contribution is 2.37. The van der Waals surface area contributed by atoms with Crippen LogP contribution in [0, 0.1) is 0 Å². The van der Waals surface area contributed by atoms with Crippen LogP contribution >= 0.6 is 11.8 Å². The molecule has 3 aromatic rings. The Bertz CT molecular complexity index is 951. The standard InChI is InChI=1S/C24H23NO2S/c1-27-19-12-8-17(9-13-19)18-10-14-20(15-11-18)28-23-7-3-2-5-21(23)22-6-4-16-25-24(22)26/h2-3,5,7-15,22H,4,6,16H2,1H3,(H,25,26). The number of benzene rings is 3. The average Bonchev–Trinajstić information content (AvgIpc) is 2.75. The molecule has 1 aliphatic heterocycles. The van der Waals surface area contributed by atoms with Gasteiger partial charge < -0.3 is 10.1 Å². The van der Waals surface area contributed by atoms with E-state index >= 15 is 0 Å². The Morgan fingerprint density at radius 3 is 2.29 bits per heavy atom. The zero-order valence-electron chi connectivity index (χ0n) is 15.9. The summed E-state index contributed by atoms with van der Waals surface area (Å²) in [5.74, 6) is 0.962. The fourth-order valence-corrected chi connectivity index (χ4v) is 4.56. The molecule has 142 valence electrons. The van der Waals surface area contributed by atoms with Crippen molar-refractivity contribution in [3.05, 3.63) is 78.4 Å². The molecule has 0 bridgehead atoms. The molecular weight excluding hydrogens is 366 g/mol. The SMILES string of the molecule is COc1ccc(-c2ccc(Sc3ccccc3C3CCCNC3=O)cc2)cc1. The van der Waals surface area contributed by atoms with Gasteiger partial charge in [0.2, 0.25) is 5.91 Å². The molecule has 0 radical (unpaired) electrons. The molecular formula is C24H23NO2S. The predicted molar refractivity (Wildman–Crippen MR) is 114 cm³/mol. The van der Waals surface area contributed by atoms with Crippen molar-refractivity contribution in [1.29, 1.82) is 0 Å². The normalized spacial score (nSPS) is 16.5. The van der Waals surface area contributed by atoms with E-state index in [4.69, 9.17) is 4.74 Å². The minimum absolute atomic E-state index is 0.0453. The van der Waals surface area contributed by atoms with Gasteiger partial charge in [-0.15, -0.1) is 0 Å². The van der Waals surface area contributed by atoms with Gasteiger partial charge in [-0.05, 0) is 59.9 Å². The molecule has 0 saturated carbocycles. The summed E-state index contributed by atoms with van der Waals surface area (Å²) < 4.78 is 5.23. The largest absolute Gasteiger partial charge is 0.497 e. The minimum Gasteiger partial charge on any atom is -0.497 e. The highest BCUT2D eigenvalue weighted by Gasteiger charge is 2.25. The maximum Gasteiger partial charge on any atom is 0.227 e. The van der Waals surface area contributed by atoms with Gasteiger partial charge in [-0.1, -0.05) is 54.2 Å². The molecule has 1 N–H and O–H groups in total. The lowest BCUT2D eigenvalue weighted by molar-refractivity contribution is -0.123. The van der Waals surface area contributed by atoms with Crippen LogP contribution in [0.2, 0.25) is 0 Å². The average molecular weight is 390 g/mol. The fourth-order valence-electron chi connectivity index (χ4n) is 3.56. The van der Waals surface area contributed by atoms with Crippen LogP contribution in [0.5, 0.6) is 5.75 Å². The minimum atomic E-state index is -0.0453. The van der Waals surface area contributed by atoms with E-state index in [1.165, 1.54) is 10.5 Å². The molecule has 0 aliphatic carbocycles. The van der Waals surface area contributed by atoms with Crippen molar-refractivity contribution in [3.63, 3.8) is 0 Å². The van der Waals surface area contributed by atoms with Crippen molar-refractivity contribution in [2.75, 3.05) is 13.7 Å². The summed E-state index contributed by atoms with van der Waals surface area (Å²) in [7, 11) is 1.68. The molecule has 4 rings (SSSR count). The van der Waals surface area contributed by atoms with Crippen molar-refractivity contribution in [1.82, 2.24) is 5.32 Å². The summed E-state index contributed by atoms with van der Waals surface area (Å²) in [6.45, 7) is 0.789. The summed E-state index contributed by atoms with van der Waals surface area (Å²) in [6, 6.07) is 24.9. The summed E-state index contributed by atoms with van der Waals surface area (Å²) >= 11 is 1.72. The number of rotatable bonds is 5. The third-order valence-electron chi connectivity index (χ3n) is 5.09. The Morgan fingerprint density at radius 1 is 0.929 bits per heavy atom. The Balaban J connectivity index is 1.54. The first kappa shape index (κ1) is 18.6. The van der Waals surface area contributed by atoms with Crippen LogP contribution in [0.1, 0.15) is 24.3 Å². The Kier molecular flexibility index (Phi) is 5.68. The van der Waals surface area contributed by atoms with E-state index in [9.17, 15) is 4.79 Å².